The van der Waals surface area contributed by atoms with Crippen LogP contribution < -0.4 is 11.5 Å². The molecule has 0 radical (unpaired) electrons. The molecule has 1 rings (SSSR count). The molecule has 0 saturated heterocycles. The molecule has 0 fully saturated rings. The van der Waals surface area contributed by atoms with E-state index < -0.39 is 17.5 Å². The number of carbonyl (C=O) groups excluding carboxylic acids is 1. The maximum Gasteiger partial charge on any atom is 0.454 e. The zero-order chi connectivity index (χ0) is 10.9. The summed E-state index contributed by atoms with van der Waals surface area (Å²) in [6.45, 7) is 0. The average Bonchev–Trinajstić information content (AvgIpc) is 2.07. The molecule has 0 unspecified atom stereocenters. The van der Waals surface area contributed by atoms with Gasteiger partial charge in [0, 0.05) is 0 Å². The quantitative estimate of drug-likeness (QED) is 0.539. The Bertz CT molecular complexity index is 373. The van der Waals surface area contributed by atoms with Gasteiger partial charge in [0.15, 0.2) is 0 Å². The largest absolute Gasteiger partial charge is 0.454 e. The minimum Gasteiger partial charge on any atom is -0.397 e. The van der Waals surface area contributed by atoms with Crippen LogP contribution in [0.1, 0.15) is 10.4 Å². The van der Waals surface area contributed by atoms with Crippen molar-refractivity contribution in [2.45, 2.75) is 6.18 Å². The van der Waals surface area contributed by atoms with Crippen LogP contribution >= 0.6 is 0 Å². The second-order valence-corrected chi connectivity index (χ2v) is 2.64. The van der Waals surface area contributed by atoms with Gasteiger partial charge >= 0.3 is 6.18 Å². The molecule has 0 amide bonds. The van der Waals surface area contributed by atoms with Crippen molar-refractivity contribution in [3.8, 4) is 0 Å². The molecule has 0 aliphatic rings. The van der Waals surface area contributed by atoms with Gasteiger partial charge in [-0.1, -0.05) is 6.07 Å². The molecule has 0 aromatic heterocycles. The van der Waals surface area contributed by atoms with Crippen molar-refractivity contribution in [2.75, 3.05) is 11.5 Å². The van der Waals surface area contributed by atoms with Crippen LogP contribution in [0.15, 0.2) is 18.2 Å². The third kappa shape index (κ3) is 1.78. The summed E-state index contributed by atoms with van der Waals surface area (Å²) in [6.07, 6.45) is -4.93. The SMILES string of the molecule is Nc1cccc(C(=O)C(F)(F)F)c1N. The molecule has 0 saturated carbocycles. The molecule has 0 heterocycles. The number of ketones is 1. The topological polar surface area (TPSA) is 69.1 Å². The molecule has 1 aromatic carbocycles. The average molecular weight is 204 g/mol. The number of hydrogen-bond donors (Lipinski definition) is 2. The number of nitrogen functional groups attached to an aromatic ring is 2. The number of alkyl halides is 3. The van der Waals surface area contributed by atoms with Crippen molar-refractivity contribution < 1.29 is 18.0 Å². The fourth-order valence-electron chi connectivity index (χ4n) is 0.934. The monoisotopic (exact) mass is 204 g/mol. The second-order valence-electron chi connectivity index (χ2n) is 2.64. The Hall–Kier alpha value is -1.72. The highest BCUT2D eigenvalue weighted by atomic mass is 19.4. The van der Waals surface area contributed by atoms with Crippen molar-refractivity contribution in [1.82, 2.24) is 0 Å². The Labute approximate surface area is 77.5 Å². The van der Waals surface area contributed by atoms with Crippen LogP contribution in [-0.4, -0.2) is 12.0 Å². The van der Waals surface area contributed by atoms with Crippen LogP contribution in [-0.2, 0) is 0 Å². The number of nitrogens with two attached hydrogens (primary N) is 2. The van der Waals surface area contributed by atoms with Gasteiger partial charge in [0.05, 0.1) is 16.9 Å². The fourth-order valence-corrected chi connectivity index (χ4v) is 0.934. The molecular formula is C8H7F3N2O. The number of Topliss-reactive ketones (excluding diaryl/α,β-unsaturated/α-hetero) is 1. The summed E-state index contributed by atoms with van der Waals surface area (Å²) in [6, 6.07) is 3.55. The van der Waals surface area contributed by atoms with E-state index in [1.165, 1.54) is 12.1 Å². The highest BCUT2D eigenvalue weighted by Crippen LogP contribution is 2.27. The van der Waals surface area contributed by atoms with Gasteiger partial charge in [0.25, 0.3) is 5.78 Å². The Morgan fingerprint density at radius 1 is 1.21 bits per heavy atom. The van der Waals surface area contributed by atoms with Crippen LogP contribution in [0, 0.1) is 0 Å². The first-order valence-electron chi connectivity index (χ1n) is 3.59. The summed E-state index contributed by atoms with van der Waals surface area (Å²) in [5, 5.41) is 0. The number of carbonyl (C=O) groups is 1. The fraction of sp³-hybridized carbons (Fsp3) is 0.125. The van der Waals surface area contributed by atoms with E-state index in [-0.39, 0.29) is 11.4 Å². The summed E-state index contributed by atoms with van der Waals surface area (Å²) in [4.78, 5) is 10.8. The van der Waals surface area contributed by atoms with Gasteiger partial charge < -0.3 is 11.5 Å². The molecule has 6 heteroatoms. The summed E-state index contributed by atoms with van der Waals surface area (Å²) in [5.74, 6) is -1.98. The lowest BCUT2D eigenvalue weighted by Gasteiger charge is -2.08. The maximum atomic E-state index is 12.0. The van der Waals surface area contributed by atoms with E-state index in [9.17, 15) is 18.0 Å². The number of halogens is 3. The molecule has 14 heavy (non-hydrogen) atoms. The van der Waals surface area contributed by atoms with Gasteiger partial charge in [-0.15, -0.1) is 0 Å². The van der Waals surface area contributed by atoms with E-state index >= 15 is 0 Å². The van der Waals surface area contributed by atoms with E-state index in [0.29, 0.717) is 0 Å². The highest BCUT2D eigenvalue weighted by Gasteiger charge is 2.40. The molecule has 1 aromatic rings. The Morgan fingerprint density at radius 2 is 1.79 bits per heavy atom. The highest BCUT2D eigenvalue weighted by molar-refractivity contribution is 6.06. The molecule has 0 aliphatic heterocycles. The van der Waals surface area contributed by atoms with Crippen LogP contribution in [0.3, 0.4) is 0 Å². The van der Waals surface area contributed by atoms with E-state index in [1.54, 1.807) is 0 Å². The molecule has 0 atom stereocenters. The lowest BCUT2D eigenvalue weighted by atomic mass is 10.1. The molecule has 3 nitrogen and oxygen atoms in total. The second kappa shape index (κ2) is 3.21. The lowest BCUT2D eigenvalue weighted by Crippen LogP contribution is -2.24. The minimum atomic E-state index is -4.93. The van der Waals surface area contributed by atoms with E-state index in [4.69, 9.17) is 11.5 Å². The minimum absolute atomic E-state index is 0.0416. The molecule has 0 bridgehead atoms. The first kappa shape index (κ1) is 10.4. The van der Waals surface area contributed by atoms with Crippen molar-refractivity contribution in [3.05, 3.63) is 23.8 Å². The van der Waals surface area contributed by atoms with Crippen LogP contribution in [0.25, 0.3) is 0 Å². The summed E-state index contributed by atoms with van der Waals surface area (Å²) in [7, 11) is 0. The standard InChI is InChI=1S/C8H7F3N2O/c9-8(10,11)7(14)4-2-1-3-5(12)6(4)13/h1-3H,12-13H2. The van der Waals surface area contributed by atoms with Crippen LogP contribution in [0.5, 0.6) is 0 Å². The summed E-state index contributed by atoms with van der Waals surface area (Å²) >= 11 is 0. The van der Waals surface area contributed by atoms with Gasteiger partial charge in [0.2, 0.25) is 0 Å². The van der Waals surface area contributed by atoms with Crippen LogP contribution in [0.4, 0.5) is 24.5 Å². The van der Waals surface area contributed by atoms with E-state index in [1.807, 2.05) is 0 Å². The predicted molar refractivity (Wildman–Crippen MR) is 45.7 cm³/mol. The number of anilines is 2. The lowest BCUT2D eigenvalue weighted by molar-refractivity contribution is -0.0884. The van der Waals surface area contributed by atoms with Gasteiger partial charge in [-0.25, -0.2) is 0 Å². The van der Waals surface area contributed by atoms with Crippen molar-refractivity contribution >= 4 is 17.2 Å². The van der Waals surface area contributed by atoms with Gasteiger partial charge in [0.1, 0.15) is 0 Å². The first-order chi connectivity index (χ1) is 6.34. The number of hydrogen-bond acceptors (Lipinski definition) is 3. The normalized spacial score (nSPS) is 11.4. The summed E-state index contributed by atoms with van der Waals surface area (Å²) in [5.41, 5.74) is 9.50. The molecule has 76 valence electrons. The van der Waals surface area contributed by atoms with Crippen molar-refractivity contribution in [3.63, 3.8) is 0 Å². The molecule has 0 aliphatic carbocycles. The number of para-hydroxylation sites is 1. The smallest absolute Gasteiger partial charge is 0.397 e. The third-order valence-electron chi connectivity index (χ3n) is 1.64. The Kier molecular flexibility index (Phi) is 2.37. The zero-order valence-corrected chi connectivity index (χ0v) is 6.93. The van der Waals surface area contributed by atoms with Crippen molar-refractivity contribution in [2.24, 2.45) is 0 Å². The molecular weight excluding hydrogens is 197 g/mol. The number of rotatable bonds is 1. The Balaban J connectivity index is 3.21. The maximum absolute atomic E-state index is 12.0. The van der Waals surface area contributed by atoms with Gasteiger partial charge in [-0.3, -0.25) is 4.79 Å². The Morgan fingerprint density at radius 3 is 2.29 bits per heavy atom. The predicted octanol–water partition coefficient (Wildman–Crippen LogP) is 1.60. The zero-order valence-electron chi connectivity index (χ0n) is 6.93. The number of benzene rings is 1. The summed E-state index contributed by atoms with van der Waals surface area (Å²) < 4.78 is 36.0. The third-order valence-corrected chi connectivity index (χ3v) is 1.64. The van der Waals surface area contributed by atoms with E-state index in [0.717, 1.165) is 6.07 Å². The van der Waals surface area contributed by atoms with Crippen LogP contribution in [0.2, 0.25) is 0 Å². The van der Waals surface area contributed by atoms with E-state index in [2.05, 4.69) is 0 Å². The molecule has 0 spiro atoms. The first-order valence-corrected chi connectivity index (χ1v) is 3.59. The van der Waals surface area contributed by atoms with Gasteiger partial charge in [-0.2, -0.15) is 13.2 Å². The van der Waals surface area contributed by atoms with Crippen molar-refractivity contribution in [1.29, 1.82) is 0 Å². The van der Waals surface area contributed by atoms with Gasteiger partial charge in [-0.05, 0) is 12.1 Å². The molecule has 4 N–H and O–H groups in total.